The maximum Gasteiger partial charge on any atom is 0.303 e. The summed E-state index contributed by atoms with van der Waals surface area (Å²) in [5.74, 6) is -1.000. The number of nitriles is 1. The zero-order chi connectivity index (χ0) is 9.56. The number of thioether (sulfide) groups is 1. The molecule has 0 fully saturated rings. The molecule has 0 aliphatic carbocycles. The summed E-state index contributed by atoms with van der Waals surface area (Å²) >= 11 is 0.440. The van der Waals surface area contributed by atoms with Gasteiger partial charge in [0.05, 0.1) is 6.04 Å². The van der Waals surface area contributed by atoms with E-state index < -0.39 is 17.1 Å². The average molecular weight is 188 g/mol. The summed E-state index contributed by atoms with van der Waals surface area (Å²) < 4.78 is 0. The molecule has 1 atom stereocenters. The molecule has 12 heavy (non-hydrogen) atoms. The summed E-state index contributed by atoms with van der Waals surface area (Å²) in [6, 6.07) is -0.856. The van der Waals surface area contributed by atoms with Crippen LogP contribution in [0.5, 0.6) is 0 Å². The topological polar surface area (TPSA) is 104 Å². The lowest BCUT2D eigenvalue weighted by Crippen LogP contribution is -2.28. The van der Waals surface area contributed by atoms with Gasteiger partial charge in [-0.3, -0.25) is 9.59 Å². The zero-order valence-corrected chi connectivity index (χ0v) is 7.00. The van der Waals surface area contributed by atoms with Crippen molar-refractivity contribution in [3.63, 3.8) is 0 Å². The van der Waals surface area contributed by atoms with Crippen LogP contribution in [0.2, 0.25) is 0 Å². The number of hydrogen-bond donors (Lipinski definition) is 2. The number of carbonyl (C=O) groups is 2. The van der Waals surface area contributed by atoms with E-state index in [-0.39, 0.29) is 12.8 Å². The van der Waals surface area contributed by atoms with Gasteiger partial charge in [0, 0.05) is 18.2 Å². The number of nitrogens with two attached hydrogens (primary N) is 1. The van der Waals surface area contributed by atoms with E-state index in [0.717, 1.165) is 0 Å². The molecule has 0 heterocycles. The predicted molar refractivity (Wildman–Crippen MR) is 43.1 cm³/mol. The summed E-state index contributed by atoms with van der Waals surface area (Å²) in [6.07, 6.45) is -0.0816. The van der Waals surface area contributed by atoms with Gasteiger partial charge in [-0.1, -0.05) is 0 Å². The normalized spacial score (nSPS) is 11.7. The Morgan fingerprint density at radius 2 is 2.25 bits per heavy atom. The molecule has 0 spiro atoms. The zero-order valence-electron chi connectivity index (χ0n) is 6.19. The third kappa shape index (κ3) is 4.71. The Morgan fingerprint density at radius 1 is 1.67 bits per heavy atom. The van der Waals surface area contributed by atoms with E-state index in [4.69, 9.17) is 16.1 Å². The molecular weight excluding hydrogens is 180 g/mol. The van der Waals surface area contributed by atoms with E-state index in [1.807, 2.05) is 0 Å². The molecule has 0 aromatic carbocycles. The van der Waals surface area contributed by atoms with Gasteiger partial charge in [0.2, 0.25) is 5.12 Å². The largest absolute Gasteiger partial charge is 0.481 e. The fourth-order valence-electron chi connectivity index (χ4n) is 0.518. The van der Waals surface area contributed by atoms with E-state index >= 15 is 0 Å². The number of thiocyanates is 1. The molecule has 0 saturated heterocycles. The first-order valence-corrected chi connectivity index (χ1v) is 3.96. The van der Waals surface area contributed by atoms with Crippen LogP contribution in [0.3, 0.4) is 0 Å². The fourth-order valence-corrected chi connectivity index (χ4v) is 0.877. The van der Waals surface area contributed by atoms with Crippen molar-refractivity contribution in [3.05, 3.63) is 0 Å². The first-order chi connectivity index (χ1) is 5.57. The van der Waals surface area contributed by atoms with Gasteiger partial charge in [-0.2, -0.15) is 5.26 Å². The molecule has 0 amide bonds. The van der Waals surface area contributed by atoms with Crippen LogP contribution in [0.1, 0.15) is 12.8 Å². The van der Waals surface area contributed by atoms with Gasteiger partial charge in [0.1, 0.15) is 5.40 Å². The standard InChI is InChI=1S/C6H8N2O3S/c7-3-12-6(11)4(8)1-2-5(9)10/h4H,1-2,8H2,(H,9,10)/t4-/m0/s1. The Morgan fingerprint density at radius 3 is 2.67 bits per heavy atom. The van der Waals surface area contributed by atoms with Gasteiger partial charge >= 0.3 is 5.97 Å². The molecule has 0 aliphatic heterocycles. The van der Waals surface area contributed by atoms with Gasteiger partial charge in [-0.05, 0) is 6.42 Å². The third-order valence-corrected chi connectivity index (χ3v) is 1.71. The lowest BCUT2D eigenvalue weighted by atomic mass is 10.2. The van der Waals surface area contributed by atoms with Crippen molar-refractivity contribution in [1.29, 1.82) is 5.26 Å². The number of rotatable bonds is 4. The molecule has 0 aromatic heterocycles. The molecule has 6 heteroatoms. The minimum Gasteiger partial charge on any atom is -0.481 e. The lowest BCUT2D eigenvalue weighted by Gasteiger charge is -2.03. The number of aliphatic carboxylic acids is 1. The molecule has 66 valence electrons. The molecule has 0 rings (SSSR count). The van der Waals surface area contributed by atoms with Gasteiger partial charge < -0.3 is 10.8 Å². The second-order valence-electron chi connectivity index (χ2n) is 2.05. The Balaban J connectivity index is 3.73. The average Bonchev–Trinajstić information content (AvgIpc) is 2.00. The first kappa shape index (κ1) is 10.9. The summed E-state index contributed by atoms with van der Waals surface area (Å²) in [4.78, 5) is 20.8. The lowest BCUT2D eigenvalue weighted by molar-refractivity contribution is -0.137. The van der Waals surface area contributed by atoms with Crippen LogP contribution in [0.25, 0.3) is 0 Å². The molecule has 0 unspecified atom stereocenters. The molecule has 0 aliphatic rings. The number of carbonyl (C=O) groups excluding carboxylic acids is 1. The number of carboxylic acid groups (broad SMARTS) is 1. The highest BCUT2D eigenvalue weighted by Crippen LogP contribution is 2.05. The van der Waals surface area contributed by atoms with Crippen molar-refractivity contribution < 1.29 is 14.7 Å². The van der Waals surface area contributed by atoms with Crippen LogP contribution in [-0.4, -0.2) is 22.2 Å². The van der Waals surface area contributed by atoms with Crippen molar-refractivity contribution in [2.75, 3.05) is 0 Å². The van der Waals surface area contributed by atoms with E-state index in [9.17, 15) is 9.59 Å². The van der Waals surface area contributed by atoms with E-state index in [1.165, 1.54) is 0 Å². The van der Waals surface area contributed by atoms with Crippen LogP contribution >= 0.6 is 11.8 Å². The minimum absolute atomic E-state index is 0.0723. The molecule has 3 N–H and O–H groups in total. The second-order valence-corrected chi connectivity index (χ2v) is 2.84. The van der Waals surface area contributed by atoms with Crippen LogP contribution in [-0.2, 0) is 9.59 Å². The Kier molecular flexibility index (Phi) is 5.08. The van der Waals surface area contributed by atoms with E-state index in [0.29, 0.717) is 11.8 Å². The maximum atomic E-state index is 10.8. The van der Waals surface area contributed by atoms with Crippen molar-refractivity contribution in [3.8, 4) is 5.40 Å². The summed E-state index contributed by atoms with van der Waals surface area (Å²) in [5.41, 5.74) is 5.27. The van der Waals surface area contributed by atoms with Crippen molar-refractivity contribution in [2.45, 2.75) is 18.9 Å². The van der Waals surface area contributed by atoms with Gasteiger partial charge in [0.25, 0.3) is 0 Å². The number of carboxylic acids is 1. The number of hydrogen-bond acceptors (Lipinski definition) is 5. The van der Waals surface area contributed by atoms with Gasteiger partial charge in [-0.15, -0.1) is 0 Å². The molecule has 5 nitrogen and oxygen atoms in total. The van der Waals surface area contributed by atoms with E-state index in [1.54, 1.807) is 5.40 Å². The van der Waals surface area contributed by atoms with Crippen LogP contribution in [0, 0.1) is 10.7 Å². The third-order valence-electron chi connectivity index (χ3n) is 1.12. The Labute approximate surface area is 73.5 Å². The Hall–Kier alpha value is -1.06. The van der Waals surface area contributed by atoms with E-state index in [2.05, 4.69) is 0 Å². The van der Waals surface area contributed by atoms with Gasteiger partial charge in [0.15, 0.2) is 0 Å². The van der Waals surface area contributed by atoms with Gasteiger partial charge in [-0.25, -0.2) is 0 Å². The highest BCUT2D eigenvalue weighted by Gasteiger charge is 2.14. The maximum absolute atomic E-state index is 10.8. The molecule has 0 aromatic rings. The minimum atomic E-state index is -1.000. The monoisotopic (exact) mass is 188 g/mol. The smallest absolute Gasteiger partial charge is 0.303 e. The fraction of sp³-hybridized carbons (Fsp3) is 0.500. The van der Waals surface area contributed by atoms with Crippen LogP contribution in [0.15, 0.2) is 0 Å². The summed E-state index contributed by atoms with van der Waals surface area (Å²) in [5, 5.41) is 17.4. The highest BCUT2D eigenvalue weighted by atomic mass is 32.2. The van der Waals surface area contributed by atoms with Crippen LogP contribution in [0.4, 0.5) is 0 Å². The highest BCUT2D eigenvalue weighted by molar-refractivity contribution is 8.17. The summed E-state index contributed by atoms with van der Waals surface area (Å²) in [7, 11) is 0. The second kappa shape index (κ2) is 5.57. The molecular formula is C6H8N2O3S. The molecule has 0 saturated carbocycles. The Bertz CT molecular complexity index is 223. The van der Waals surface area contributed by atoms with Crippen molar-refractivity contribution in [2.24, 2.45) is 5.73 Å². The number of nitrogens with zero attached hydrogens (tertiary/aromatic N) is 1. The quantitative estimate of drug-likeness (QED) is 0.598. The van der Waals surface area contributed by atoms with Crippen LogP contribution < -0.4 is 5.73 Å². The van der Waals surface area contributed by atoms with Crippen molar-refractivity contribution in [1.82, 2.24) is 0 Å². The van der Waals surface area contributed by atoms with Crippen molar-refractivity contribution >= 4 is 22.8 Å². The SMILES string of the molecule is N#CSC(=O)[C@@H](N)CCC(=O)O. The molecule has 0 radical (unpaired) electrons. The first-order valence-electron chi connectivity index (χ1n) is 3.15. The summed E-state index contributed by atoms with van der Waals surface area (Å²) in [6.45, 7) is 0. The predicted octanol–water partition coefficient (Wildman–Crippen LogP) is -0.0806. The molecule has 0 bridgehead atoms.